The average molecular weight is 530 g/mol. The standard InChI is InChI=1S/C28H37F2N5O3/c1-18-13-24-22(14-21(18)27(37)34-11-10-33(19(2)16-34)9-4-12-38-3)25-23(26(36)32-24)15-31-35(25)17-20-5-7-28(29,30)8-6-20/h13-15,19-20H,4-12,16-17H2,1-3H3,(H,32,36)/t19-/m0/s1. The molecule has 38 heavy (non-hydrogen) atoms. The lowest BCUT2D eigenvalue weighted by Gasteiger charge is -2.40. The van der Waals surface area contributed by atoms with E-state index in [0.717, 1.165) is 37.1 Å². The smallest absolute Gasteiger partial charge is 0.259 e. The fraction of sp³-hybridized carbons (Fsp3) is 0.607. The Morgan fingerprint density at radius 1 is 1.21 bits per heavy atom. The van der Waals surface area contributed by atoms with Gasteiger partial charge in [0.2, 0.25) is 5.92 Å². The number of hydrogen-bond acceptors (Lipinski definition) is 5. The first-order valence-electron chi connectivity index (χ1n) is 13.6. The van der Waals surface area contributed by atoms with Gasteiger partial charge < -0.3 is 14.6 Å². The number of H-pyrrole nitrogens is 1. The van der Waals surface area contributed by atoms with Crippen molar-refractivity contribution in [2.45, 2.75) is 64.5 Å². The SMILES string of the molecule is COCCCN1CCN(C(=O)c2cc3c(cc2C)[nH]c(=O)c2cnn(CC4CCC(F)(F)CC4)c23)C[C@@H]1C. The van der Waals surface area contributed by atoms with E-state index < -0.39 is 5.92 Å². The summed E-state index contributed by atoms with van der Waals surface area (Å²) in [5.74, 6) is -2.54. The van der Waals surface area contributed by atoms with Crippen LogP contribution in [0, 0.1) is 12.8 Å². The maximum absolute atomic E-state index is 13.7. The number of halogens is 2. The molecule has 1 saturated heterocycles. The fourth-order valence-corrected chi connectivity index (χ4v) is 6.02. The van der Waals surface area contributed by atoms with Crippen molar-refractivity contribution in [1.29, 1.82) is 0 Å². The van der Waals surface area contributed by atoms with Crippen LogP contribution in [0.15, 0.2) is 23.1 Å². The quantitative estimate of drug-likeness (QED) is 0.464. The van der Waals surface area contributed by atoms with Gasteiger partial charge in [0.25, 0.3) is 11.5 Å². The van der Waals surface area contributed by atoms with E-state index in [9.17, 15) is 18.4 Å². The maximum Gasteiger partial charge on any atom is 0.259 e. The molecule has 10 heteroatoms. The Balaban J connectivity index is 1.43. The number of hydrogen-bond donors (Lipinski definition) is 1. The molecule has 1 aliphatic carbocycles. The van der Waals surface area contributed by atoms with Gasteiger partial charge in [-0.25, -0.2) is 8.78 Å². The molecule has 3 aromatic rings. The van der Waals surface area contributed by atoms with Crippen LogP contribution in [0.1, 0.15) is 54.9 Å². The highest BCUT2D eigenvalue weighted by Crippen LogP contribution is 2.37. The van der Waals surface area contributed by atoms with Crippen LogP contribution >= 0.6 is 0 Å². The number of pyridine rings is 1. The molecule has 206 valence electrons. The van der Waals surface area contributed by atoms with Gasteiger partial charge in [-0.3, -0.25) is 19.2 Å². The minimum absolute atomic E-state index is 0.0206. The maximum atomic E-state index is 13.7. The number of rotatable bonds is 7. The molecule has 1 N–H and O–H groups in total. The molecule has 1 aromatic carbocycles. The molecule has 1 atom stereocenters. The van der Waals surface area contributed by atoms with Gasteiger partial charge in [-0.15, -0.1) is 0 Å². The molecule has 1 saturated carbocycles. The third-order valence-corrected chi connectivity index (χ3v) is 8.30. The second-order valence-electron chi connectivity index (χ2n) is 11.0. The Morgan fingerprint density at radius 3 is 2.68 bits per heavy atom. The molecule has 0 bridgehead atoms. The highest BCUT2D eigenvalue weighted by molar-refractivity contribution is 6.07. The lowest BCUT2D eigenvalue weighted by atomic mass is 9.87. The van der Waals surface area contributed by atoms with E-state index in [0.29, 0.717) is 54.5 Å². The van der Waals surface area contributed by atoms with Gasteiger partial charge in [-0.05, 0) is 56.7 Å². The van der Waals surface area contributed by atoms with Gasteiger partial charge >= 0.3 is 0 Å². The second kappa shape index (κ2) is 10.7. The molecule has 0 unspecified atom stereocenters. The molecular formula is C28H37F2N5O3. The summed E-state index contributed by atoms with van der Waals surface area (Å²) in [5, 5.41) is 5.66. The number of carbonyl (C=O) groups excluding carboxylic acids is 1. The van der Waals surface area contributed by atoms with Crippen molar-refractivity contribution < 1.29 is 18.3 Å². The average Bonchev–Trinajstić information content (AvgIpc) is 3.30. The first-order valence-corrected chi connectivity index (χ1v) is 13.6. The summed E-state index contributed by atoms with van der Waals surface area (Å²) >= 11 is 0. The summed E-state index contributed by atoms with van der Waals surface area (Å²) in [7, 11) is 1.71. The Labute approximate surface area is 220 Å². The Kier molecular flexibility index (Phi) is 7.55. The number of nitrogens with zero attached hydrogens (tertiary/aromatic N) is 4. The first kappa shape index (κ1) is 26.7. The number of nitrogens with one attached hydrogen (secondary N) is 1. The first-order chi connectivity index (χ1) is 18.2. The summed E-state index contributed by atoms with van der Waals surface area (Å²) in [6, 6.07) is 3.97. The lowest BCUT2D eigenvalue weighted by molar-refractivity contribution is -0.0475. The zero-order valence-electron chi connectivity index (χ0n) is 22.4. The van der Waals surface area contributed by atoms with Crippen molar-refractivity contribution in [2.24, 2.45) is 5.92 Å². The Bertz CT molecular complexity index is 1370. The van der Waals surface area contributed by atoms with Crippen LogP contribution in [0.4, 0.5) is 8.78 Å². The zero-order chi connectivity index (χ0) is 27.0. The summed E-state index contributed by atoms with van der Waals surface area (Å²) in [6.45, 7) is 8.29. The molecule has 0 spiro atoms. The Morgan fingerprint density at radius 2 is 1.97 bits per heavy atom. The Hall–Kier alpha value is -2.85. The number of amides is 1. The van der Waals surface area contributed by atoms with Gasteiger partial charge in [0.1, 0.15) is 0 Å². The zero-order valence-corrected chi connectivity index (χ0v) is 22.4. The second-order valence-corrected chi connectivity index (χ2v) is 11.0. The highest BCUT2D eigenvalue weighted by Gasteiger charge is 2.35. The summed E-state index contributed by atoms with van der Waals surface area (Å²) in [4.78, 5) is 33.8. The van der Waals surface area contributed by atoms with Crippen LogP contribution in [-0.4, -0.2) is 82.3 Å². The largest absolute Gasteiger partial charge is 0.385 e. The van der Waals surface area contributed by atoms with Crippen LogP contribution in [0.25, 0.3) is 21.8 Å². The van der Waals surface area contributed by atoms with Crippen LogP contribution in [-0.2, 0) is 11.3 Å². The number of piperazine rings is 1. The van der Waals surface area contributed by atoms with Crippen molar-refractivity contribution in [3.05, 3.63) is 39.8 Å². The third kappa shape index (κ3) is 5.33. The fourth-order valence-electron chi connectivity index (χ4n) is 6.02. The normalized spacial score (nSPS) is 21.0. The van der Waals surface area contributed by atoms with Crippen LogP contribution < -0.4 is 5.56 Å². The number of fused-ring (bicyclic) bond motifs is 3. The molecule has 5 rings (SSSR count). The van der Waals surface area contributed by atoms with Crippen LogP contribution in [0.3, 0.4) is 0 Å². The predicted molar refractivity (Wildman–Crippen MR) is 143 cm³/mol. The van der Waals surface area contributed by atoms with E-state index in [-0.39, 0.29) is 36.3 Å². The molecule has 1 amide bonds. The number of aryl methyl sites for hydroxylation is 1. The van der Waals surface area contributed by atoms with E-state index in [1.807, 2.05) is 24.0 Å². The molecule has 1 aliphatic heterocycles. The van der Waals surface area contributed by atoms with Crippen molar-refractivity contribution in [3.63, 3.8) is 0 Å². The molecule has 0 radical (unpaired) electrons. The van der Waals surface area contributed by atoms with Gasteiger partial charge in [-0.2, -0.15) is 5.10 Å². The summed E-state index contributed by atoms with van der Waals surface area (Å²) < 4.78 is 34.3. The number of alkyl halides is 2. The van der Waals surface area contributed by atoms with Gasteiger partial charge in [0.05, 0.1) is 22.6 Å². The number of aromatic nitrogens is 3. The molecule has 2 fully saturated rings. The van der Waals surface area contributed by atoms with Crippen LogP contribution in [0.5, 0.6) is 0 Å². The number of aromatic amines is 1. The number of methoxy groups -OCH3 is 1. The third-order valence-electron chi connectivity index (χ3n) is 8.30. The van der Waals surface area contributed by atoms with Gasteiger partial charge in [0.15, 0.2) is 0 Å². The number of carbonyl (C=O) groups is 1. The molecule has 2 aromatic heterocycles. The van der Waals surface area contributed by atoms with Crippen molar-refractivity contribution in [1.82, 2.24) is 24.6 Å². The summed E-state index contributed by atoms with van der Waals surface area (Å²) in [5.41, 5.74) is 2.46. The minimum atomic E-state index is -2.59. The molecular weight excluding hydrogens is 492 g/mol. The van der Waals surface area contributed by atoms with Gasteiger partial charge in [0, 0.05) is 76.3 Å². The van der Waals surface area contributed by atoms with Crippen LogP contribution in [0.2, 0.25) is 0 Å². The predicted octanol–water partition coefficient (Wildman–Crippen LogP) is 4.19. The van der Waals surface area contributed by atoms with E-state index >= 15 is 0 Å². The van der Waals surface area contributed by atoms with Crippen molar-refractivity contribution in [3.8, 4) is 0 Å². The van der Waals surface area contributed by atoms with E-state index in [1.165, 1.54) is 6.20 Å². The topological polar surface area (TPSA) is 83.5 Å². The molecule has 3 heterocycles. The minimum Gasteiger partial charge on any atom is -0.385 e. The molecule has 8 nitrogen and oxygen atoms in total. The van der Waals surface area contributed by atoms with Gasteiger partial charge in [-0.1, -0.05) is 0 Å². The van der Waals surface area contributed by atoms with E-state index in [4.69, 9.17) is 4.74 Å². The van der Waals surface area contributed by atoms with E-state index in [1.54, 1.807) is 11.8 Å². The molecule has 2 aliphatic rings. The monoisotopic (exact) mass is 529 g/mol. The van der Waals surface area contributed by atoms with E-state index in [2.05, 4.69) is 21.9 Å². The van der Waals surface area contributed by atoms with Crippen molar-refractivity contribution >= 4 is 27.7 Å². The number of benzene rings is 1. The van der Waals surface area contributed by atoms with Crippen molar-refractivity contribution in [2.75, 3.05) is 39.9 Å². The lowest BCUT2D eigenvalue weighted by Crippen LogP contribution is -2.53. The highest BCUT2D eigenvalue weighted by atomic mass is 19.3. The number of ether oxygens (including phenoxy) is 1. The summed E-state index contributed by atoms with van der Waals surface area (Å²) in [6.07, 6.45) is 3.12.